The summed E-state index contributed by atoms with van der Waals surface area (Å²) < 4.78 is 3.96. The largest absolute Gasteiger partial charge is 0.312 e. The number of nitrogens with zero attached hydrogens (tertiary/aromatic N) is 4. The van der Waals surface area contributed by atoms with Gasteiger partial charge in [0.15, 0.2) is 0 Å². The molecule has 1 aromatic carbocycles. The fourth-order valence-corrected chi connectivity index (χ4v) is 3.06. The van der Waals surface area contributed by atoms with Gasteiger partial charge in [-0.3, -0.25) is 9.36 Å². The molecule has 0 atom stereocenters. The maximum Gasteiger partial charge on any atom is 0.0662 e. The van der Waals surface area contributed by atoms with Crippen LogP contribution in [0, 0.1) is 20.8 Å². The van der Waals surface area contributed by atoms with E-state index in [9.17, 15) is 0 Å². The molecule has 0 amide bonds. The SMILES string of the molecule is Cc1ccc(Cn2nc(C)c(CNCCc3cnn(C)c3)c2C)cc1. The van der Waals surface area contributed by atoms with Crippen LogP contribution in [0.15, 0.2) is 36.7 Å². The molecule has 3 aromatic rings. The number of hydrogen-bond donors (Lipinski definition) is 1. The summed E-state index contributed by atoms with van der Waals surface area (Å²) in [6.45, 7) is 8.98. The normalized spacial score (nSPS) is 11.2. The summed E-state index contributed by atoms with van der Waals surface area (Å²) in [7, 11) is 1.95. The summed E-state index contributed by atoms with van der Waals surface area (Å²) in [4.78, 5) is 0. The minimum atomic E-state index is 0.822. The molecule has 2 heterocycles. The Kier molecular flexibility index (Phi) is 5.34. The summed E-state index contributed by atoms with van der Waals surface area (Å²) >= 11 is 0. The number of aromatic nitrogens is 4. The number of benzene rings is 1. The van der Waals surface area contributed by atoms with Crippen molar-refractivity contribution < 1.29 is 0 Å². The molecule has 0 aliphatic carbocycles. The highest BCUT2D eigenvalue weighted by Crippen LogP contribution is 2.15. The number of nitrogens with one attached hydrogen (secondary N) is 1. The average Bonchev–Trinajstić information content (AvgIpc) is 3.11. The first-order valence-corrected chi connectivity index (χ1v) is 8.79. The lowest BCUT2D eigenvalue weighted by Crippen LogP contribution is -2.17. The highest BCUT2D eigenvalue weighted by molar-refractivity contribution is 5.27. The van der Waals surface area contributed by atoms with E-state index in [-0.39, 0.29) is 0 Å². The van der Waals surface area contributed by atoms with E-state index in [1.165, 1.54) is 27.9 Å². The monoisotopic (exact) mass is 337 g/mol. The van der Waals surface area contributed by atoms with Crippen LogP contribution >= 0.6 is 0 Å². The van der Waals surface area contributed by atoms with Crippen LogP contribution in [0.3, 0.4) is 0 Å². The van der Waals surface area contributed by atoms with E-state index in [4.69, 9.17) is 5.10 Å². The van der Waals surface area contributed by atoms with Crippen LogP contribution in [0.2, 0.25) is 0 Å². The maximum absolute atomic E-state index is 4.73. The van der Waals surface area contributed by atoms with E-state index < -0.39 is 0 Å². The second-order valence-electron chi connectivity index (χ2n) is 6.74. The molecule has 0 saturated heterocycles. The Morgan fingerprint density at radius 3 is 2.48 bits per heavy atom. The third-order valence-electron chi connectivity index (χ3n) is 4.63. The minimum absolute atomic E-state index is 0.822. The smallest absolute Gasteiger partial charge is 0.0662 e. The first kappa shape index (κ1) is 17.4. The van der Waals surface area contributed by atoms with Gasteiger partial charge in [-0.2, -0.15) is 10.2 Å². The molecule has 0 aliphatic heterocycles. The number of rotatable bonds is 7. The van der Waals surface area contributed by atoms with Gasteiger partial charge in [-0.1, -0.05) is 29.8 Å². The standard InChI is InChI=1S/C20H27N5/c1-15-5-7-18(8-6-15)14-25-17(3)20(16(2)23-25)12-21-10-9-19-11-22-24(4)13-19/h5-8,11,13,21H,9-10,12,14H2,1-4H3. The van der Waals surface area contributed by atoms with Crippen molar-refractivity contribution >= 4 is 0 Å². The molecular formula is C20H27N5. The molecule has 0 radical (unpaired) electrons. The van der Waals surface area contributed by atoms with Gasteiger partial charge in [0.2, 0.25) is 0 Å². The van der Waals surface area contributed by atoms with Gasteiger partial charge in [0.05, 0.1) is 18.4 Å². The Hall–Kier alpha value is -2.40. The van der Waals surface area contributed by atoms with Crippen LogP contribution in [0.4, 0.5) is 0 Å². The van der Waals surface area contributed by atoms with E-state index in [0.717, 1.165) is 31.7 Å². The molecule has 0 bridgehead atoms. The topological polar surface area (TPSA) is 47.7 Å². The maximum atomic E-state index is 4.73. The molecule has 3 rings (SSSR count). The first-order chi connectivity index (χ1) is 12.0. The van der Waals surface area contributed by atoms with E-state index in [1.54, 1.807) is 0 Å². The third-order valence-corrected chi connectivity index (χ3v) is 4.63. The lowest BCUT2D eigenvalue weighted by atomic mass is 10.1. The van der Waals surface area contributed by atoms with Gasteiger partial charge >= 0.3 is 0 Å². The van der Waals surface area contributed by atoms with Crippen LogP contribution in [-0.4, -0.2) is 26.1 Å². The summed E-state index contributed by atoms with van der Waals surface area (Å²) in [5, 5.41) is 12.5. The van der Waals surface area contributed by atoms with Gasteiger partial charge < -0.3 is 5.32 Å². The molecule has 0 fully saturated rings. The zero-order valence-corrected chi connectivity index (χ0v) is 15.6. The van der Waals surface area contributed by atoms with E-state index in [1.807, 2.05) is 17.9 Å². The predicted octanol–water partition coefficient (Wildman–Crippen LogP) is 2.92. The van der Waals surface area contributed by atoms with Gasteiger partial charge in [-0.25, -0.2) is 0 Å². The highest BCUT2D eigenvalue weighted by Gasteiger charge is 2.11. The van der Waals surface area contributed by atoms with Crippen LogP contribution in [0.1, 0.15) is 33.6 Å². The van der Waals surface area contributed by atoms with Gasteiger partial charge in [0, 0.05) is 31.0 Å². The average molecular weight is 337 g/mol. The van der Waals surface area contributed by atoms with Crippen LogP contribution in [0.5, 0.6) is 0 Å². The van der Waals surface area contributed by atoms with Crippen molar-refractivity contribution in [2.24, 2.45) is 7.05 Å². The second kappa shape index (κ2) is 7.66. The fourth-order valence-electron chi connectivity index (χ4n) is 3.06. The van der Waals surface area contributed by atoms with Crippen molar-refractivity contribution in [2.45, 2.75) is 40.3 Å². The molecule has 5 nitrogen and oxygen atoms in total. The predicted molar refractivity (Wildman–Crippen MR) is 101 cm³/mol. The molecule has 0 aliphatic rings. The molecular weight excluding hydrogens is 310 g/mol. The van der Waals surface area contributed by atoms with Gasteiger partial charge in [0.25, 0.3) is 0 Å². The number of hydrogen-bond acceptors (Lipinski definition) is 3. The molecule has 5 heteroatoms. The summed E-state index contributed by atoms with van der Waals surface area (Å²) in [5.41, 5.74) is 7.49. The van der Waals surface area contributed by atoms with E-state index >= 15 is 0 Å². The summed E-state index contributed by atoms with van der Waals surface area (Å²) in [6, 6.07) is 8.67. The Morgan fingerprint density at radius 1 is 1.04 bits per heavy atom. The highest BCUT2D eigenvalue weighted by atomic mass is 15.3. The molecule has 1 N–H and O–H groups in total. The quantitative estimate of drug-likeness (QED) is 0.674. The lowest BCUT2D eigenvalue weighted by molar-refractivity contribution is 0.652. The zero-order valence-electron chi connectivity index (χ0n) is 15.6. The molecule has 2 aromatic heterocycles. The Morgan fingerprint density at radius 2 is 1.80 bits per heavy atom. The van der Waals surface area contributed by atoms with Crippen molar-refractivity contribution in [3.63, 3.8) is 0 Å². The second-order valence-corrected chi connectivity index (χ2v) is 6.74. The Bertz CT molecular complexity index is 826. The Balaban J connectivity index is 1.58. The summed E-state index contributed by atoms with van der Waals surface area (Å²) in [6.07, 6.45) is 4.99. The van der Waals surface area contributed by atoms with Crippen LogP contribution in [0.25, 0.3) is 0 Å². The third kappa shape index (κ3) is 4.37. The molecule has 0 saturated carbocycles. The van der Waals surface area contributed by atoms with Gasteiger partial charge in [0.1, 0.15) is 0 Å². The van der Waals surface area contributed by atoms with E-state index in [0.29, 0.717) is 0 Å². The van der Waals surface area contributed by atoms with E-state index in [2.05, 4.69) is 66.3 Å². The Labute approximate surface area is 149 Å². The van der Waals surface area contributed by atoms with Crippen molar-refractivity contribution in [1.29, 1.82) is 0 Å². The molecule has 0 spiro atoms. The van der Waals surface area contributed by atoms with Gasteiger partial charge in [-0.05, 0) is 44.9 Å². The zero-order chi connectivity index (χ0) is 17.8. The van der Waals surface area contributed by atoms with Crippen LogP contribution < -0.4 is 5.32 Å². The number of aryl methyl sites for hydroxylation is 3. The van der Waals surface area contributed by atoms with Crippen LogP contribution in [-0.2, 0) is 26.6 Å². The van der Waals surface area contributed by atoms with Gasteiger partial charge in [-0.15, -0.1) is 0 Å². The molecule has 25 heavy (non-hydrogen) atoms. The van der Waals surface area contributed by atoms with Crippen molar-refractivity contribution in [2.75, 3.05) is 6.54 Å². The fraction of sp³-hybridized carbons (Fsp3) is 0.400. The first-order valence-electron chi connectivity index (χ1n) is 8.79. The lowest BCUT2D eigenvalue weighted by Gasteiger charge is -2.07. The van der Waals surface area contributed by atoms with Crippen molar-refractivity contribution in [3.8, 4) is 0 Å². The molecule has 132 valence electrons. The summed E-state index contributed by atoms with van der Waals surface area (Å²) in [5.74, 6) is 0. The van der Waals surface area contributed by atoms with Crippen molar-refractivity contribution in [3.05, 3.63) is 70.3 Å². The van der Waals surface area contributed by atoms with Crippen molar-refractivity contribution in [1.82, 2.24) is 24.9 Å². The minimum Gasteiger partial charge on any atom is -0.312 e. The molecule has 0 unspecified atom stereocenters.